The average Bonchev–Trinajstić information content (AvgIpc) is 2.81. The lowest BCUT2D eigenvalue weighted by atomic mass is 10.1. The Kier molecular flexibility index (Phi) is 3.32. The first-order valence-electron chi connectivity index (χ1n) is 6.57. The molecule has 2 N–H and O–H groups in total. The van der Waals surface area contributed by atoms with Crippen LogP contribution < -0.4 is 5.73 Å². The summed E-state index contributed by atoms with van der Waals surface area (Å²) in [5, 5.41) is 0.552. The summed E-state index contributed by atoms with van der Waals surface area (Å²) in [6.07, 6.45) is 4.56. The van der Waals surface area contributed by atoms with Gasteiger partial charge in [-0.1, -0.05) is 24.6 Å². The van der Waals surface area contributed by atoms with E-state index in [-0.39, 0.29) is 0 Å². The Morgan fingerprint density at radius 1 is 1.30 bits per heavy atom. The van der Waals surface area contributed by atoms with E-state index in [9.17, 15) is 0 Å². The summed E-state index contributed by atoms with van der Waals surface area (Å²) in [6.45, 7) is 3.01. The van der Waals surface area contributed by atoms with Crippen LogP contribution in [0.4, 0.5) is 5.69 Å². The third kappa shape index (κ3) is 2.02. The second kappa shape index (κ2) is 5.13. The number of nitrogens with zero attached hydrogens (tertiary/aromatic N) is 3. The molecule has 0 unspecified atom stereocenters. The van der Waals surface area contributed by atoms with Gasteiger partial charge in [-0.25, -0.2) is 4.98 Å². The van der Waals surface area contributed by atoms with E-state index in [2.05, 4.69) is 21.5 Å². The molecular weight excluding hydrogens is 272 g/mol. The molecule has 3 rings (SSSR count). The quantitative estimate of drug-likeness (QED) is 0.746. The van der Waals surface area contributed by atoms with Crippen molar-refractivity contribution in [2.75, 3.05) is 5.73 Å². The average molecular weight is 287 g/mol. The molecule has 4 nitrogen and oxygen atoms in total. The fourth-order valence-electron chi connectivity index (χ4n) is 2.37. The van der Waals surface area contributed by atoms with Crippen LogP contribution in [0.25, 0.3) is 22.4 Å². The lowest BCUT2D eigenvalue weighted by Crippen LogP contribution is -2.02. The van der Waals surface area contributed by atoms with E-state index in [1.54, 1.807) is 18.5 Å². The molecule has 1 aromatic carbocycles. The molecule has 0 atom stereocenters. The van der Waals surface area contributed by atoms with E-state index in [0.717, 1.165) is 35.4 Å². The van der Waals surface area contributed by atoms with Crippen molar-refractivity contribution in [3.63, 3.8) is 0 Å². The number of nitrogen functional groups attached to an aromatic ring is 1. The van der Waals surface area contributed by atoms with Gasteiger partial charge in [-0.05, 0) is 24.6 Å². The van der Waals surface area contributed by atoms with Crippen LogP contribution in [0.2, 0.25) is 5.02 Å². The summed E-state index contributed by atoms with van der Waals surface area (Å²) in [6, 6.07) is 7.60. The molecule has 0 saturated heterocycles. The van der Waals surface area contributed by atoms with Crippen LogP contribution in [0.1, 0.15) is 13.3 Å². The van der Waals surface area contributed by atoms with Crippen molar-refractivity contribution >= 4 is 28.3 Å². The predicted octanol–water partition coefficient (Wildman–Crippen LogP) is 3.74. The molecule has 0 bridgehead atoms. The first-order chi connectivity index (χ1) is 9.72. The SMILES string of the molecule is CCCn1c(-c2cccc(Cl)c2N)nc2cnccc21. The zero-order valence-corrected chi connectivity index (χ0v) is 11.9. The molecule has 3 aromatic rings. The van der Waals surface area contributed by atoms with Gasteiger partial charge in [0.2, 0.25) is 0 Å². The van der Waals surface area contributed by atoms with Gasteiger partial charge in [0, 0.05) is 18.3 Å². The fourth-order valence-corrected chi connectivity index (χ4v) is 2.54. The van der Waals surface area contributed by atoms with Crippen LogP contribution in [-0.2, 0) is 6.54 Å². The number of pyridine rings is 1. The molecule has 20 heavy (non-hydrogen) atoms. The molecule has 5 heteroatoms. The minimum absolute atomic E-state index is 0.552. The summed E-state index contributed by atoms with van der Waals surface area (Å²) < 4.78 is 2.17. The van der Waals surface area contributed by atoms with Gasteiger partial charge in [0.15, 0.2) is 0 Å². The molecular formula is C15H15ClN4. The fraction of sp³-hybridized carbons (Fsp3) is 0.200. The molecule has 0 aliphatic rings. The highest BCUT2D eigenvalue weighted by atomic mass is 35.5. The number of anilines is 1. The van der Waals surface area contributed by atoms with Crippen molar-refractivity contribution in [3.05, 3.63) is 41.7 Å². The maximum absolute atomic E-state index is 6.12. The zero-order chi connectivity index (χ0) is 14.1. The summed E-state index contributed by atoms with van der Waals surface area (Å²) in [5.74, 6) is 0.842. The molecule has 0 fully saturated rings. The second-order valence-electron chi connectivity index (χ2n) is 4.65. The number of aryl methyl sites for hydroxylation is 1. The Morgan fingerprint density at radius 2 is 2.15 bits per heavy atom. The summed E-state index contributed by atoms with van der Waals surface area (Å²) in [5.41, 5.74) is 9.46. The number of benzene rings is 1. The number of imidazole rings is 1. The van der Waals surface area contributed by atoms with Crippen molar-refractivity contribution in [2.45, 2.75) is 19.9 Å². The first kappa shape index (κ1) is 12.9. The molecule has 0 spiro atoms. The Labute approximate surface area is 122 Å². The molecule has 0 radical (unpaired) electrons. The Bertz CT molecular complexity index is 764. The summed E-state index contributed by atoms with van der Waals surface area (Å²) >= 11 is 6.12. The van der Waals surface area contributed by atoms with Crippen LogP contribution >= 0.6 is 11.6 Å². The van der Waals surface area contributed by atoms with Crippen LogP contribution in [-0.4, -0.2) is 14.5 Å². The monoisotopic (exact) mass is 286 g/mol. The van der Waals surface area contributed by atoms with Crippen LogP contribution in [0.3, 0.4) is 0 Å². The highest BCUT2D eigenvalue weighted by molar-refractivity contribution is 6.33. The van der Waals surface area contributed by atoms with Crippen LogP contribution in [0.5, 0.6) is 0 Å². The van der Waals surface area contributed by atoms with Crippen LogP contribution in [0.15, 0.2) is 36.7 Å². The number of nitrogens with two attached hydrogens (primary N) is 1. The smallest absolute Gasteiger partial charge is 0.143 e. The van der Waals surface area contributed by atoms with Crippen molar-refractivity contribution in [3.8, 4) is 11.4 Å². The number of hydrogen-bond acceptors (Lipinski definition) is 3. The van der Waals surface area contributed by atoms with Crippen molar-refractivity contribution in [1.29, 1.82) is 0 Å². The van der Waals surface area contributed by atoms with Gasteiger partial charge in [0.05, 0.1) is 22.4 Å². The highest BCUT2D eigenvalue weighted by Gasteiger charge is 2.15. The zero-order valence-electron chi connectivity index (χ0n) is 11.2. The second-order valence-corrected chi connectivity index (χ2v) is 5.06. The highest BCUT2D eigenvalue weighted by Crippen LogP contribution is 2.32. The van der Waals surface area contributed by atoms with Crippen LogP contribution in [0, 0.1) is 0 Å². The number of para-hydroxylation sites is 1. The number of hydrogen-bond donors (Lipinski definition) is 1. The summed E-state index contributed by atoms with van der Waals surface area (Å²) in [4.78, 5) is 8.79. The van der Waals surface area contributed by atoms with E-state index in [4.69, 9.17) is 17.3 Å². The predicted molar refractivity (Wildman–Crippen MR) is 82.7 cm³/mol. The molecule has 0 aliphatic heterocycles. The number of halogens is 1. The maximum atomic E-state index is 6.12. The normalized spacial score (nSPS) is 11.1. The molecule has 2 aromatic heterocycles. The van der Waals surface area contributed by atoms with E-state index in [1.807, 2.05) is 18.2 Å². The lowest BCUT2D eigenvalue weighted by molar-refractivity contribution is 0.704. The third-order valence-corrected chi connectivity index (χ3v) is 3.62. The molecule has 102 valence electrons. The molecule has 0 saturated carbocycles. The molecule has 0 amide bonds. The Hall–Kier alpha value is -2.07. The maximum Gasteiger partial charge on any atom is 0.143 e. The lowest BCUT2D eigenvalue weighted by Gasteiger charge is -2.10. The minimum Gasteiger partial charge on any atom is -0.397 e. The van der Waals surface area contributed by atoms with E-state index < -0.39 is 0 Å². The summed E-state index contributed by atoms with van der Waals surface area (Å²) in [7, 11) is 0. The number of aromatic nitrogens is 3. The van der Waals surface area contributed by atoms with Gasteiger partial charge in [-0.3, -0.25) is 4.98 Å². The molecule has 0 aliphatic carbocycles. The van der Waals surface area contributed by atoms with Gasteiger partial charge in [0.25, 0.3) is 0 Å². The number of fused-ring (bicyclic) bond motifs is 1. The van der Waals surface area contributed by atoms with Gasteiger partial charge in [-0.15, -0.1) is 0 Å². The van der Waals surface area contributed by atoms with Crippen molar-refractivity contribution in [1.82, 2.24) is 14.5 Å². The Balaban J connectivity index is 2.29. The van der Waals surface area contributed by atoms with Crippen molar-refractivity contribution < 1.29 is 0 Å². The van der Waals surface area contributed by atoms with E-state index in [1.165, 1.54) is 0 Å². The number of rotatable bonds is 3. The topological polar surface area (TPSA) is 56.7 Å². The van der Waals surface area contributed by atoms with Gasteiger partial charge in [0.1, 0.15) is 11.3 Å². The van der Waals surface area contributed by atoms with Gasteiger partial charge in [-0.2, -0.15) is 0 Å². The Morgan fingerprint density at radius 3 is 2.95 bits per heavy atom. The largest absolute Gasteiger partial charge is 0.397 e. The minimum atomic E-state index is 0.552. The third-order valence-electron chi connectivity index (χ3n) is 3.29. The van der Waals surface area contributed by atoms with Gasteiger partial charge >= 0.3 is 0 Å². The van der Waals surface area contributed by atoms with Crippen molar-refractivity contribution in [2.24, 2.45) is 0 Å². The van der Waals surface area contributed by atoms with E-state index in [0.29, 0.717) is 10.7 Å². The standard InChI is InChI=1S/C15H15ClN4/c1-2-8-20-13-6-7-18-9-12(13)19-15(20)10-4-3-5-11(16)14(10)17/h3-7,9H,2,8,17H2,1H3. The van der Waals surface area contributed by atoms with Gasteiger partial charge < -0.3 is 10.3 Å². The van der Waals surface area contributed by atoms with E-state index >= 15 is 0 Å². The molecule has 2 heterocycles. The first-order valence-corrected chi connectivity index (χ1v) is 6.94.